The van der Waals surface area contributed by atoms with Gasteiger partial charge in [-0.15, -0.1) is 0 Å². The number of nitrogens with one attached hydrogen (secondary N) is 1. The lowest BCUT2D eigenvalue weighted by atomic mass is 9.96. The number of rotatable bonds is 7. The summed E-state index contributed by atoms with van der Waals surface area (Å²) >= 11 is 0. The fourth-order valence-electron chi connectivity index (χ4n) is 4.16. The smallest absolute Gasteiger partial charge is 0.226 e. The van der Waals surface area contributed by atoms with Gasteiger partial charge in [-0.25, -0.2) is 21.9 Å². The maximum absolute atomic E-state index is 14.9. The van der Waals surface area contributed by atoms with E-state index in [1.807, 2.05) is 24.3 Å². The predicted octanol–water partition coefficient (Wildman–Crippen LogP) is 3.30. The van der Waals surface area contributed by atoms with Crippen LogP contribution in [0.25, 0.3) is 11.1 Å². The number of halogens is 2. The van der Waals surface area contributed by atoms with Gasteiger partial charge in [0.25, 0.3) is 0 Å². The van der Waals surface area contributed by atoms with Crippen molar-refractivity contribution in [3.05, 3.63) is 59.9 Å². The van der Waals surface area contributed by atoms with Crippen molar-refractivity contribution in [1.29, 1.82) is 0 Å². The molecule has 0 radical (unpaired) electrons. The van der Waals surface area contributed by atoms with Gasteiger partial charge in [0.1, 0.15) is 12.0 Å². The van der Waals surface area contributed by atoms with Gasteiger partial charge in [0.15, 0.2) is 0 Å². The van der Waals surface area contributed by atoms with E-state index in [9.17, 15) is 22.0 Å². The second-order valence-corrected chi connectivity index (χ2v) is 10.4. The molecule has 0 unspecified atom stereocenters. The quantitative estimate of drug-likeness (QED) is 0.707. The molecule has 1 amide bonds. The molecule has 1 aliphatic carbocycles. The van der Waals surface area contributed by atoms with Crippen LogP contribution in [-0.4, -0.2) is 49.8 Å². The lowest BCUT2D eigenvalue weighted by Crippen LogP contribution is -2.50. The number of nitrogens with zero attached hydrogens (tertiary/aromatic N) is 1. The zero-order chi connectivity index (χ0) is 22.2. The van der Waals surface area contributed by atoms with Crippen molar-refractivity contribution in [3.63, 3.8) is 0 Å². The second-order valence-electron chi connectivity index (χ2n) is 8.31. The Morgan fingerprint density at radius 1 is 1.13 bits per heavy atom. The third-order valence-corrected chi connectivity index (χ3v) is 7.40. The molecule has 3 atom stereocenters. The summed E-state index contributed by atoms with van der Waals surface area (Å²) < 4.78 is 55.4. The van der Waals surface area contributed by atoms with Crippen LogP contribution in [-0.2, 0) is 21.2 Å². The van der Waals surface area contributed by atoms with Crippen molar-refractivity contribution >= 4 is 15.9 Å². The van der Waals surface area contributed by atoms with Crippen molar-refractivity contribution < 1.29 is 22.0 Å². The molecule has 2 aromatic carbocycles. The zero-order valence-corrected chi connectivity index (χ0v) is 18.1. The Labute approximate surface area is 181 Å². The van der Waals surface area contributed by atoms with E-state index in [0.717, 1.165) is 24.0 Å². The molecule has 8 heteroatoms. The van der Waals surface area contributed by atoms with E-state index < -0.39 is 28.3 Å². The van der Waals surface area contributed by atoms with Crippen molar-refractivity contribution in [2.24, 2.45) is 5.92 Å². The highest BCUT2D eigenvalue weighted by Gasteiger charge is 2.48. The minimum atomic E-state index is -3.64. The Kier molecular flexibility index (Phi) is 6.12. The van der Waals surface area contributed by atoms with E-state index in [1.54, 1.807) is 12.1 Å². The number of sulfonamides is 1. The van der Waals surface area contributed by atoms with Crippen molar-refractivity contribution in [2.75, 3.05) is 12.3 Å². The van der Waals surface area contributed by atoms with Crippen LogP contribution in [0.3, 0.4) is 0 Å². The van der Waals surface area contributed by atoms with E-state index >= 15 is 0 Å². The lowest BCUT2D eigenvalue weighted by molar-refractivity contribution is -0.133. The number of alkyl halides is 1. The summed E-state index contributed by atoms with van der Waals surface area (Å²) in [6.07, 6.45) is 0.415. The summed E-state index contributed by atoms with van der Waals surface area (Å²) in [7, 11) is -3.64. The Balaban J connectivity index is 1.63. The summed E-state index contributed by atoms with van der Waals surface area (Å²) in [5.74, 6) is -0.689. The minimum absolute atomic E-state index is 0.0881. The number of hydrogen-bond acceptors (Lipinski definition) is 3. The summed E-state index contributed by atoms with van der Waals surface area (Å²) in [6.45, 7) is 1.38. The van der Waals surface area contributed by atoms with Gasteiger partial charge >= 0.3 is 0 Å². The minimum Gasteiger partial charge on any atom is -0.334 e. The Morgan fingerprint density at radius 3 is 2.45 bits per heavy atom. The summed E-state index contributed by atoms with van der Waals surface area (Å²) in [5.41, 5.74) is 2.35. The number of hydrogen-bond donors (Lipinski definition) is 1. The molecule has 2 fully saturated rings. The molecule has 1 heterocycles. The van der Waals surface area contributed by atoms with Crippen LogP contribution < -0.4 is 4.72 Å². The first kappa shape index (κ1) is 21.9. The predicted molar refractivity (Wildman–Crippen MR) is 115 cm³/mol. The zero-order valence-electron chi connectivity index (χ0n) is 17.3. The molecule has 1 saturated carbocycles. The lowest BCUT2D eigenvalue weighted by Gasteiger charge is -2.28. The molecule has 1 aliphatic heterocycles. The molecule has 166 valence electrons. The fraction of sp³-hybridized carbons (Fsp3) is 0.435. The molecule has 5 nitrogen and oxygen atoms in total. The van der Waals surface area contributed by atoms with E-state index in [1.165, 1.54) is 24.0 Å². The Morgan fingerprint density at radius 2 is 1.81 bits per heavy atom. The fourth-order valence-corrected chi connectivity index (χ4v) is 5.04. The van der Waals surface area contributed by atoms with Gasteiger partial charge in [0.05, 0.1) is 24.4 Å². The number of carbonyl (C=O) groups is 1. The third-order valence-electron chi connectivity index (χ3n) is 6.01. The first-order valence-corrected chi connectivity index (χ1v) is 12.2. The maximum Gasteiger partial charge on any atom is 0.226 e. The number of likely N-dealkylation sites (tertiary alicyclic amines) is 1. The van der Waals surface area contributed by atoms with E-state index in [2.05, 4.69) is 4.72 Å². The first-order chi connectivity index (χ1) is 14.8. The average Bonchev–Trinajstić information content (AvgIpc) is 3.55. The van der Waals surface area contributed by atoms with E-state index in [0.29, 0.717) is 12.0 Å². The average molecular weight is 449 g/mol. The normalized spacial score (nSPS) is 23.8. The summed E-state index contributed by atoms with van der Waals surface area (Å²) in [6, 6.07) is 12.1. The molecule has 0 bridgehead atoms. The van der Waals surface area contributed by atoms with Crippen LogP contribution in [0.4, 0.5) is 8.78 Å². The van der Waals surface area contributed by atoms with E-state index in [-0.39, 0.29) is 29.9 Å². The van der Waals surface area contributed by atoms with Crippen LogP contribution >= 0.6 is 0 Å². The molecule has 2 aliphatic rings. The van der Waals surface area contributed by atoms with Crippen LogP contribution in [0.1, 0.15) is 25.3 Å². The standard InChI is InChI=1S/C23H26F2N2O3S/c1-2-31(29,30)26-22-20(25)14-27(23(28)16-9-10-16)21(22)12-15-5-3-6-17(11-15)18-7-4-8-19(24)13-18/h3-8,11,13,16,20-22,26H,2,9-10,12,14H2,1H3/t20-,21-,22-/m0/s1. The van der Waals surface area contributed by atoms with Crippen LogP contribution in [0.5, 0.6) is 0 Å². The molecule has 31 heavy (non-hydrogen) atoms. The first-order valence-electron chi connectivity index (χ1n) is 10.6. The molecule has 4 rings (SSSR count). The highest BCUT2D eigenvalue weighted by atomic mass is 32.2. The molecule has 0 aromatic heterocycles. The molecular formula is C23H26F2N2O3S. The van der Waals surface area contributed by atoms with Gasteiger partial charge in [-0.05, 0) is 55.0 Å². The molecule has 1 N–H and O–H groups in total. The number of amides is 1. The molecule has 1 saturated heterocycles. The third kappa shape index (κ3) is 4.96. The van der Waals surface area contributed by atoms with Crippen LogP contribution in [0.15, 0.2) is 48.5 Å². The van der Waals surface area contributed by atoms with Gasteiger partial charge < -0.3 is 4.90 Å². The van der Waals surface area contributed by atoms with Gasteiger partial charge in [-0.1, -0.05) is 36.4 Å². The maximum atomic E-state index is 14.9. The highest BCUT2D eigenvalue weighted by molar-refractivity contribution is 7.89. The van der Waals surface area contributed by atoms with Gasteiger partial charge in [0, 0.05) is 5.92 Å². The van der Waals surface area contributed by atoms with Gasteiger partial charge in [-0.2, -0.15) is 0 Å². The molecule has 0 spiro atoms. The summed E-state index contributed by atoms with van der Waals surface area (Å²) in [5, 5.41) is 0. The van der Waals surface area contributed by atoms with Crippen LogP contribution in [0.2, 0.25) is 0 Å². The monoisotopic (exact) mass is 448 g/mol. The van der Waals surface area contributed by atoms with Crippen molar-refractivity contribution in [3.8, 4) is 11.1 Å². The largest absolute Gasteiger partial charge is 0.334 e. The Bertz CT molecular complexity index is 1070. The SMILES string of the molecule is CCS(=O)(=O)N[C@H]1[C@@H](F)CN(C(=O)C2CC2)[C@H]1Cc1cccc(-c2cccc(F)c2)c1. The van der Waals surface area contributed by atoms with Crippen molar-refractivity contribution in [2.45, 2.75) is 44.4 Å². The summed E-state index contributed by atoms with van der Waals surface area (Å²) in [4.78, 5) is 14.3. The number of carbonyl (C=O) groups excluding carboxylic acids is 1. The van der Waals surface area contributed by atoms with E-state index in [4.69, 9.17) is 0 Å². The molecular weight excluding hydrogens is 422 g/mol. The highest BCUT2D eigenvalue weighted by Crippen LogP contribution is 2.35. The van der Waals surface area contributed by atoms with Crippen molar-refractivity contribution in [1.82, 2.24) is 9.62 Å². The van der Waals surface area contributed by atoms with Crippen LogP contribution in [0, 0.1) is 11.7 Å². The Hall–Kier alpha value is -2.32. The van der Waals surface area contributed by atoms with Gasteiger partial charge in [-0.3, -0.25) is 4.79 Å². The van der Waals surface area contributed by atoms with Gasteiger partial charge in [0.2, 0.25) is 15.9 Å². The number of benzene rings is 2. The topological polar surface area (TPSA) is 66.5 Å². The second kappa shape index (κ2) is 8.67. The molecule has 2 aromatic rings.